The van der Waals surface area contributed by atoms with Gasteiger partial charge in [-0.1, -0.05) is 6.07 Å². The first-order chi connectivity index (χ1) is 11.3. The summed E-state index contributed by atoms with van der Waals surface area (Å²) in [7, 11) is 0. The Morgan fingerprint density at radius 2 is 2.21 bits per heavy atom. The summed E-state index contributed by atoms with van der Waals surface area (Å²) in [5, 5.41) is 20.2. The van der Waals surface area contributed by atoms with Crippen LogP contribution in [0, 0.1) is 24.0 Å². The highest BCUT2D eigenvalue weighted by molar-refractivity contribution is 6.00. The Hall–Kier alpha value is -3.30. The van der Waals surface area contributed by atoms with Crippen LogP contribution < -0.4 is 10.6 Å². The van der Waals surface area contributed by atoms with E-state index < -0.39 is 16.9 Å². The van der Waals surface area contributed by atoms with E-state index in [4.69, 9.17) is 0 Å². The van der Waals surface area contributed by atoms with E-state index in [1.165, 1.54) is 10.7 Å². The average Bonchev–Trinajstić information content (AvgIpc) is 2.87. The molecule has 1 aromatic carbocycles. The second-order valence-electron chi connectivity index (χ2n) is 5.44. The van der Waals surface area contributed by atoms with Crippen LogP contribution in [0.4, 0.5) is 17.3 Å². The maximum atomic E-state index is 12.5. The summed E-state index contributed by atoms with van der Waals surface area (Å²) in [5.74, 6) is -0.200. The molecule has 10 heteroatoms. The van der Waals surface area contributed by atoms with E-state index in [2.05, 4.69) is 20.7 Å². The fraction of sp³-hybridized carbons (Fsp3) is 0.286. The fourth-order valence-corrected chi connectivity index (χ4v) is 2.48. The summed E-state index contributed by atoms with van der Waals surface area (Å²) in [5.41, 5.74) is 0.678. The van der Waals surface area contributed by atoms with Crippen molar-refractivity contribution in [1.82, 2.24) is 14.8 Å². The SMILES string of the molecule is Cc1nc2n(n1)C(C(=O)Nc1ccc(C)c([N+](=O)[O-])c1)CC(=O)N2. The Balaban J connectivity index is 1.87. The molecule has 1 atom stereocenters. The second kappa shape index (κ2) is 5.72. The van der Waals surface area contributed by atoms with Crippen molar-refractivity contribution < 1.29 is 14.5 Å². The van der Waals surface area contributed by atoms with Crippen LogP contribution in [-0.4, -0.2) is 31.5 Å². The third-order valence-electron chi connectivity index (χ3n) is 3.64. The number of carbonyl (C=O) groups excluding carboxylic acids is 2. The van der Waals surface area contributed by atoms with Crippen LogP contribution in [0.2, 0.25) is 0 Å². The standard InChI is InChI=1S/C14H14N6O4/c1-7-3-4-9(5-10(7)20(23)24)16-13(22)11-6-12(21)17-14-15-8(2)18-19(11)14/h3-5,11H,6H2,1-2H3,(H,16,22)(H,15,17,18,21). The number of nitrogens with one attached hydrogen (secondary N) is 2. The first-order valence-corrected chi connectivity index (χ1v) is 7.14. The number of hydrogen-bond acceptors (Lipinski definition) is 6. The molecule has 0 spiro atoms. The second-order valence-corrected chi connectivity index (χ2v) is 5.44. The monoisotopic (exact) mass is 330 g/mol. The van der Waals surface area contributed by atoms with Crippen molar-refractivity contribution in [2.24, 2.45) is 0 Å². The number of aryl methyl sites for hydroxylation is 2. The number of nitrogens with zero attached hydrogens (tertiary/aromatic N) is 4. The normalized spacial score (nSPS) is 16.2. The van der Waals surface area contributed by atoms with E-state index in [0.717, 1.165) is 0 Å². The molecule has 0 saturated carbocycles. The maximum Gasteiger partial charge on any atom is 0.274 e. The van der Waals surface area contributed by atoms with Crippen molar-refractivity contribution >= 4 is 29.1 Å². The first-order valence-electron chi connectivity index (χ1n) is 7.14. The van der Waals surface area contributed by atoms with E-state index in [-0.39, 0.29) is 29.7 Å². The fourth-order valence-electron chi connectivity index (χ4n) is 2.48. The minimum Gasteiger partial charge on any atom is -0.324 e. The van der Waals surface area contributed by atoms with Crippen molar-refractivity contribution in [3.63, 3.8) is 0 Å². The van der Waals surface area contributed by atoms with Gasteiger partial charge in [0.25, 0.3) is 5.69 Å². The lowest BCUT2D eigenvalue weighted by atomic mass is 10.1. The van der Waals surface area contributed by atoms with Crippen molar-refractivity contribution in [3.05, 3.63) is 39.7 Å². The first kappa shape index (κ1) is 15.6. The van der Waals surface area contributed by atoms with E-state index in [9.17, 15) is 19.7 Å². The lowest BCUT2D eigenvalue weighted by Crippen LogP contribution is -2.36. The Morgan fingerprint density at radius 1 is 1.46 bits per heavy atom. The molecule has 0 aliphatic carbocycles. The number of aromatic nitrogens is 3. The van der Waals surface area contributed by atoms with Crippen LogP contribution in [0.3, 0.4) is 0 Å². The molecule has 2 aromatic rings. The summed E-state index contributed by atoms with van der Waals surface area (Å²) in [6, 6.07) is 3.53. The molecule has 124 valence electrons. The molecule has 1 aliphatic rings. The lowest BCUT2D eigenvalue weighted by Gasteiger charge is -2.22. The predicted molar refractivity (Wildman–Crippen MR) is 83.5 cm³/mol. The number of fused-ring (bicyclic) bond motifs is 1. The maximum absolute atomic E-state index is 12.5. The number of carbonyl (C=O) groups is 2. The Labute approximate surface area is 136 Å². The minimum absolute atomic E-state index is 0.0877. The van der Waals surface area contributed by atoms with Gasteiger partial charge in [0.1, 0.15) is 11.9 Å². The molecule has 2 N–H and O–H groups in total. The van der Waals surface area contributed by atoms with Gasteiger partial charge in [-0.2, -0.15) is 10.1 Å². The Bertz CT molecular complexity index is 859. The molecular weight excluding hydrogens is 316 g/mol. The molecule has 10 nitrogen and oxygen atoms in total. The Kier molecular flexibility index (Phi) is 3.72. The summed E-state index contributed by atoms with van der Waals surface area (Å²) in [6.07, 6.45) is -0.0877. The highest BCUT2D eigenvalue weighted by Crippen LogP contribution is 2.26. The lowest BCUT2D eigenvalue weighted by molar-refractivity contribution is -0.385. The van der Waals surface area contributed by atoms with Crippen LogP contribution in [0.5, 0.6) is 0 Å². The average molecular weight is 330 g/mol. The number of anilines is 2. The van der Waals surface area contributed by atoms with Crippen LogP contribution in [0.1, 0.15) is 23.9 Å². The number of rotatable bonds is 3. The third-order valence-corrected chi connectivity index (χ3v) is 3.64. The third kappa shape index (κ3) is 2.81. The van der Waals surface area contributed by atoms with Crippen molar-refractivity contribution in [2.45, 2.75) is 26.3 Å². The van der Waals surface area contributed by atoms with Gasteiger partial charge >= 0.3 is 0 Å². The largest absolute Gasteiger partial charge is 0.324 e. The molecule has 0 radical (unpaired) electrons. The summed E-state index contributed by atoms with van der Waals surface area (Å²) in [6.45, 7) is 3.26. The van der Waals surface area contributed by atoms with Gasteiger partial charge in [0, 0.05) is 17.3 Å². The number of nitro benzene ring substituents is 1. The topological polar surface area (TPSA) is 132 Å². The predicted octanol–water partition coefficient (Wildman–Crippen LogP) is 1.33. The molecule has 24 heavy (non-hydrogen) atoms. The van der Waals surface area contributed by atoms with Crippen LogP contribution in [0.15, 0.2) is 18.2 Å². The summed E-state index contributed by atoms with van der Waals surface area (Å²) >= 11 is 0. The highest BCUT2D eigenvalue weighted by atomic mass is 16.6. The minimum atomic E-state index is -0.865. The quantitative estimate of drug-likeness (QED) is 0.644. The van der Waals surface area contributed by atoms with Gasteiger partial charge in [0.2, 0.25) is 17.8 Å². The number of amides is 2. The van der Waals surface area contributed by atoms with Crippen molar-refractivity contribution in [1.29, 1.82) is 0 Å². The van der Waals surface area contributed by atoms with E-state index >= 15 is 0 Å². The number of nitro groups is 1. The van der Waals surface area contributed by atoms with Gasteiger partial charge < -0.3 is 5.32 Å². The van der Waals surface area contributed by atoms with Gasteiger partial charge in [-0.15, -0.1) is 0 Å². The Morgan fingerprint density at radius 3 is 2.92 bits per heavy atom. The van der Waals surface area contributed by atoms with E-state index in [1.54, 1.807) is 26.0 Å². The molecule has 1 aromatic heterocycles. The molecule has 1 unspecified atom stereocenters. The molecule has 1 aliphatic heterocycles. The van der Waals surface area contributed by atoms with Crippen molar-refractivity contribution in [2.75, 3.05) is 10.6 Å². The molecular formula is C14H14N6O4. The van der Waals surface area contributed by atoms with Crippen LogP contribution in [-0.2, 0) is 9.59 Å². The smallest absolute Gasteiger partial charge is 0.274 e. The van der Waals surface area contributed by atoms with E-state index in [0.29, 0.717) is 11.4 Å². The molecule has 2 amide bonds. The van der Waals surface area contributed by atoms with E-state index in [1.807, 2.05) is 0 Å². The van der Waals surface area contributed by atoms with Gasteiger partial charge in [0.05, 0.1) is 11.3 Å². The summed E-state index contributed by atoms with van der Waals surface area (Å²) < 4.78 is 1.34. The van der Waals surface area contributed by atoms with Gasteiger partial charge in [-0.05, 0) is 19.9 Å². The molecule has 2 heterocycles. The van der Waals surface area contributed by atoms with Gasteiger partial charge in [0.15, 0.2) is 0 Å². The highest BCUT2D eigenvalue weighted by Gasteiger charge is 2.32. The number of benzene rings is 1. The van der Waals surface area contributed by atoms with Crippen LogP contribution >= 0.6 is 0 Å². The molecule has 0 bridgehead atoms. The zero-order valence-electron chi connectivity index (χ0n) is 12.9. The molecule has 0 fully saturated rings. The van der Waals surface area contributed by atoms with Gasteiger partial charge in [-0.3, -0.25) is 25.0 Å². The molecule has 3 rings (SSSR count). The van der Waals surface area contributed by atoms with Crippen molar-refractivity contribution in [3.8, 4) is 0 Å². The number of hydrogen-bond donors (Lipinski definition) is 2. The zero-order valence-corrected chi connectivity index (χ0v) is 12.9. The summed E-state index contributed by atoms with van der Waals surface area (Å²) in [4.78, 5) is 38.7. The van der Waals surface area contributed by atoms with Crippen LogP contribution in [0.25, 0.3) is 0 Å². The van der Waals surface area contributed by atoms with Gasteiger partial charge in [-0.25, -0.2) is 4.68 Å². The molecule has 0 saturated heterocycles. The zero-order chi connectivity index (χ0) is 17.4.